The highest BCUT2D eigenvalue weighted by atomic mass is 15.2. The summed E-state index contributed by atoms with van der Waals surface area (Å²) in [5.74, 6) is 0.992. The number of imidazole rings is 1. The molecule has 9 aromatic rings. The van der Waals surface area contributed by atoms with Gasteiger partial charge in [-0.3, -0.25) is 4.57 Å². The largest absolute Gasteiger partial charge is 0.306 e. The van der Waals surface area contributed by atoms with Crippen molar-refractivity contribution in [2.45, 2.75) is 6.92 Å². The van der Waals surface area contributed by atoms with Crippen LogP contribution in [0.5, 0.6) is 0 Å². The van der Waals surface area contributed by atoms with E-state index in [0.29, 0.717) is 0 Å². The van der Waals surface area contributed by atoms with E-state index in [1.165, 1.54) is 54.9 Å². The normalized spacial score (nSPS) is 12.1. The van der Waals surface area contributed by atoms with Crippen LogP contribution in [0.3, 0.4) is 0 Å². The monoisotopic (exact) mass is 625 g/mol. The summed E-state index contributed by atoms with van der Waals surface area (Å²) in [7, 11) is 0. The molecule has 0 fully saturated rings. The van der Waals surface area contributed by atoms with E-state index in [4.69, 9.17) is 4.98 Å². The van der Waals surface area contributed by atoms with E-state index in [2.05, 4.69) is 186 Å². The van der Waals surface area contributed by atoms with Gasteiger partial charge in [-0.15, -0.1) is 0 Å². The summed E-state index contributed by atoms with van der Waals surface area (Å²) >= 11 is 0. The molecule has 1 aliphatic heterocycles. The smallest absolute Gasteiger partial charge is 0.111 e. The highest BCUT2D eigenvalue weighted by Gasteiger charge is 2.28. The highest BCUT2D eigenvalue weighted by molar-refractivity contribution is 6.21. The summed E-state index contributed by atoms with van der Waals surface area (Å²) in [4.78, 5) is 7.31. The van der Waals surface area contributed by atoms with Crippen LogP contribution in [-0.2, 0) is 0 Å². The molecule has 0 saturated heterocycles. The molecule has 0 aliphatic carbocycles. The van der Waals surface area contributed by atoms with Crippen LogP contribution in [0.4, 0.5) is 17.1 Å². The lowest BCUT2D eigenvalue weighted by molar-refractivity contribution is 0.982. The predicted molar refractivity (Wildman–Crippen MR) is 205 cm³/mol. The van der Waals surface area contributed by atoms with Crippen LogP contribution < -0.4 is 4.90 Å². The second-order valence-electron chi connectivity index (χ2n) is 12.8. The Kier molecular flexibility index (Phi) is 6.09. The lowest BCUT2D eigenvalue weighted by Gasteiger charge is -2.33. The standard InChI is InChI=1S/C46H31N3/c1-30-47-40-21-12-22-42-46(40)48(30)41-28-27-34(29-43(41)49(42)35-15-6-3-7-16-35)31-23-25-33(26-24-31)45-38-19-10-8-17-36(38)44(32-13-4-2-5-14-32)37-18-9-11-20-39(37)45/h2-29H,1H3. The second-order valence-corrected chi connectivity index (χ2v) is 12.8. The van der Waals surface area contributed by atoms with Crippen LogP contribution in [0.25, 0.3) is 71.6 Å². The van der Waals surface area contributed by atoms with Crippen molar-refractivity contribution in [3.8, 4) is 39.1 Å². The van der Waals surface area contributed by atoms with Gasteiger partial charge in [-0.1, -0.05) is 133 Å². The topological polar surface area (TPSA) is 21.1 Å². The fourth-order valence-corrected chi connectivity index (χ4v) is 7.94. The summed E-state index contributed by atoms with van der Waals surface area (Å²) in [6, 6.07) is 61.5. The summed E-state index contributed by atoms with van der Waals surface area (Å²) < 4.78 is 2.31. The minimum absolute atomic E-state index is 0.992. The van der Waals surface area contributed by atoms with Crippen molar-refractivity contribution in [3.05, 3.63) is 176 Å². The molecular formula is C46H31N3. The average Bonchev–Trinajstić information content (AvgIpc) is 3.51. The zero-order chi connectivity index (χ0) is 32.5. The van der Waals surface area contributed by atoms with Gasteiger partial charge in [0.2, 0.25) is 0 Å². The number of hydrogen-bond donors (Lipinski definition) is 0. The Morgan fingerprint density at radius 3 is 1.57 bits per heavy atom. The quantitative estimate of drug-likeness (QED) is 0.181. The van der Waals surface area contributed by atoms with Crippen molar-refractivity contribution < 1.29 is 0 Å². The molecule has 1 aliphatic rings. The molecular weight excluding hydrogens is 595 g/mol. The molecule has 2 heterocycles. The van der Waals surface area contributed by atoms with E-state index in [-0.39, 0.29) is 0 Å². The van der Waals surface area contributed by atoms with Gasteiger partial charge in [0.25, 0.3) is 0 Å². The van der Waals surface area contributed by atoms with E-state index in [9.17, 15) is 0 Å². The lowest BCUT2D eigenvalue weighted by atomic mass is 9.86. The Bertz CT molecular complexity index is 2650. The first kappa shape index (κ1) is 27.6. The van der Waals surface area contributed by atoms with Gasteiger partial charge in [0.15, 0.2) is 0 Å². The van der Waals surface area contributed by atoms with Crippen molar-refractivity contribution in [2.75, 3.05) is 4.90 Å². The summed E-state index contributed by atoms with van der Waals surface area (Å²) in [6.07, 6.45) is 0. The third-order valence-corrected chi connectivity index (χ3v) is 10.0. The molecule has 230 valence electrons. The molecule has 3 heteroatoms. The SMILES string of the molecule is Cc1nc2cccc3c2n1-c1ccc(-c2ccc(-c4c5ccccc5c(-c5ccccc5)c5ccccc45)cc2)cc1N3c1ccccc1. The molecule has 0 bridgehead atoms. The van der Waals surface area contributed by atoms with E-state index < -0.39 is 0 Å². The molecule has 0 radical (unpaired) electrons. The molecule has 49 heavy (non-hydrogen) atoms. The Balaban J connectivity index is 1.13. The summed E-state index contributed by atoms with van der Waals surface area (Å²) in [5.41, 5.74) is 14.1. The van der Waals surface area contributed by atoms with Gasteiger partial charge in [0.05, 0.1) is 28.1 Å². The molecule has 8 aromatic carbocycles. The van der Waals surface area contributed by atoms with Crippen molar-refractivity contribution >= 4 is 49.6 Å². The Hall–Kier alpha value is -6.45. The highest BCUT2D eigenvalue weighted by Crippen LogP contribution is 2.48. The zero-order valence-corrected chi connectivity index (χ0v) is 27.0. The number of nitrogens with zero attached hydrogens (tertiary/aromatic N) is 3. The van der Waals surface area contributed by atoms with Gasteiger partial charge in [-0.25, -0.2) is 4.98 Å². The fourth-order valence-electron chi connectivity index (χ4n) is 7.94. The molecule has 0 amide bonds. The van der Waals surface area contributed by atoms with Crippen molar-refractivity contribution in [1.29, 1.82) is 0 Å². The number of para-hydroxylation sites is 2. The van der Waals surface area contributed by atoms with Crippen molar-refractivity contribution in [2.24, 2.45) is 0 Å². The molecule has 0 unspecified atom stereocenters. The predicted octanol–water partition coefficient (Wildman–Crippen LogP) is 12.4. The van der Waals surface area contributed by atoms with Crippen LogP contribution in [0.1, 0.15) is 5.82 Å². The zero-order valence-electron chi connectivity index (χ0n) is 27.0. The number of aromatic nitrogens is 2. The third kappa shape index (κ3) is 4.19. The van der Waals surface area contributed by atoms with Crippen LogP contribution >= 0.6 is 0 Å². The number of hydrogen-bond acceptors (Lipinski definition) is 2. The van der Waals surface area contributed by atoms with E-state index in [1.54, 1.807) is 0 Å². The minimum Gasteiger partial charge on any atom is -0.306 e. The maximum Gasteiger partial charge on any atom is 0.111 e. The minimum atomic E-state index is 0.992. The van der Waals surface area contributed by atoms with Crippen molar-refractivity contribution in [3.63, 3.8) is 0 Å². The molecule has 1 aromatic heterocycles. The Morgan fingerprint density at radius 2 is 0.939 bits per heavy atom. The van der Waals surface area contributed by atoms with Crippen LogP contribution in [0, 0.1) is 6.92 Å². The Morgan fingerprint density at radius 1 is 0.408 bits per heavy atom. The molecule has 10 rings (SSSR count). The molecule has 0 atom stereocenters. The number of rotatable bonds is 4. The summed E-state index contributed by atoms with van der Waals surface area (Å²) in [5, 5.41) is 5.07. The Labute approximate surface area is 285 Å². The summed E-state index contributed by atoms with van der Waals surface area (Å²) in [6.45, 7) is 2.10. The van der Waals surface area contributed by atoms with Gasteiger partial charge in [0.1, 0.15) is 5.82 Å². The maximum atomic E-state index is 4.93. The third-order valence-electron chi connectivity index (χ3n) is 10.0. The van der Waals surface area contributed by atoms with Gasteiger partial charge < -0.3 is 4.90 Å². The average molecular weight is 626 g/mol. The van der Waals surface area contributed by atoms with Gasteiger partial charge in [-0.05, 0) is 98.2 Å². The van der Waals surface area contributed by atoms with E-state index in [1.807, 2.05) is 0 Å². The first-order valence-electron chi connectivity index (χ1n) is 16.8. The van der Waals surface area contributed by atoms with E-state index in [0.717, 1.165) is 39.6 Å². The van der Waals surface area contributed by atoms with Crippen LogP contribution in [-0.4, -0.2) is 9.55 Å². The second kappa shape index (κ2) is 10.8. The molecule has 0 N–H and O–H groups in total. The van der Waals surface area contributed by atoms with Crippen LogP contribution in [0.2, 0.25) is 0 Å². The van der Waals surface area contributed by atoms with Crippen LogP contribution in [0.15, 0.2) is 170 Å². The van der Waals surface area contributed by atoms with Gasteiger partial charge in [-0.2, -0.15) is 0 Å². The van der Waals surface area contributed by atoms with Crippen molar-refractivity contribution in [1.82, 2.24) is 9.55 Å². The lowest BCUT2D eigenvalue weighted by Crippen LogP contribution is -2.18. The first-order chi connectivity index (χ1) is 24.2. The first-order valence-corrected chi connectivity index (χ1v) is 16.8. The van der Waals surface area contributed by atoms with E-state index >= 15 is 0 Å². The fraction of sp³-hybridized carbons (Fsp3) is 0.0217. The number of anilines is 3. The van der Waals surface area contributed by atoms with Gasteiger partial charge >= 0.3 is 0 Å². The number of benzene rings is 8. The molecule has 3 nitrogen and oxygen atoms in total. The molecule has 0 saturated carbocycles. The van der Waals surface area contributed by atoms with Gasteiger partial charge in [0, 0.05) is 5.69 Å². The molecule has 0 spiro atoms. The number of aryl methyl sites for hydroxylation is 1. The number of fused-ring (bicyclic) bond motifs is 4. The maximum absolute atomic E-state index is 4.93.